The average molecular weight is 468 g/mol. The zero-order chi connectivity index (χ0) is 19.6. The largest absolute Gasteiger partial charge is 0.242 e. The third-order valence-electron chi connectivity index (χ3n) is 3.99. The highest BCUT2D eigenvalue weighted by Gasteiger charge is 2.00. The zero-order valence-corrected chi connectivity index (χ0v) is 18.9. The highest BCUT2D eigenvalue weighted by atomic mass is 79.9. The molecule has 0 N–H and O–H groups in total. The first-order chi connectivity index (χ1) is 13.7. The molecular formula is C24H22BrNS2. The van der Waals surface area contributed by atoms with Crippen LogP contribution in [0.3, 0.4) is 0 Å². The highest BCUT2D eigenvalue weighted by Crippen LogP contribution is 2.23. The Bertz CT molecular complexity index is 917. The molecule has 0 fully saturated rings. The lowest BCUT2D eigenvalue weighted by molar-refractivity contribution is 1.16. The molecule has 0 aliphatic heterocycles. The maximum atomic E-state index is 4.85. The Balaban J connectivity index is 1.66. The summed E-state index contributed by atoms with van der Waals surface area (Å²) in [6.45, 7) is 2.10. The quantitative estimate of drug-likeness (QED) is 0.197. The topological polar surface area (TPSA) is 12.4 Å². The van der Waals surface area contributed by atoms with Gasteiger partial charge >= 0.3 is 0 Å². The maximum Gasteiger partial charge on any atom is 0.0972 e. The predicted molar refractivity (Wildman–Crippen MR) is 130 cm³/mol. The lowest BCUT2D eigenvalue weighted by atomic mass is 10.2. The first-order valence-corrected chi connectivity index (χ1v) is 11.8. The molecular weight excluding hydrogens is 446 g/mol. The third kappa shape index (κ3) is 7.34. The van der Waals surface area contributed by atoms with Crippen molar-refractivity contribution >= 4 is 50.2 Å². The number of aryl methyl sites for hydroxylation is 2. The van der Waals surface area contributed by atoms with Crippen LogP contribution in [0.25, 0.3) is 0 Å². The minimum absolute atomic E-state index is 0.992. The van der Waals surface area contributed by atoms with Crippen molar-refractivity contribution in [2.24, 2.45) is 4.99 Å². The molecule has 0 spiro atoms. The highest BCUT2D eigenvalue weighted by molar-refractivity contribution is 9.10. The van der Waals surface area contributed by atoms with E-state index in [4.69, 9.17) is 4.99 Å². The van der Waals surface area contributed by atoms with Crippen molar-refractivity contribution in [2.75, 3.05) is 5.75 Å². The van der Waals surface area contributed by atoms with Crippen molar-refractivity contribution in [3.05, 3.63) is 106 Å². The van der Waals surface area contributed by atoms with Crippen molar-refractivity contribution in [3.63, 3.8) is 0 Å². The maximum absolute atomic E-state index is 4.85. The molecule has 142 valence electrons. The van der Waals surface area contributed by atoms with Gasteiger partial charge in [-0.3, -0.25) is 0 Å². The summed E-state index contributed by atoms with van der Waals surface area (Å²) in [7, 11) is 0. The fourth-order valence-electron chi connectivity index (χ4n) is 2.47. The number of thioether (sulfide) groups is 2. The van der Waals surface area contributed by atoms with Gasteiger partial charge < -0.3 is 0 Å². The van der Waals surface area contributed by atoms with Gasteiger partial charge in [0.25, 0.3) is 0 Å². The Morgan fingerprint density at radius 3 is 2.36 bits per heavy atom. The van der Waals surface area contributed by atoms with Gasteiger partial charge in [0.15, 0.2) is 0 Å². The van der Waals surface area contributed by atoms with Crippen LogP contribution in [-0.4, -0.2) is 10.8 Å². The average Bonchev–Trinajstić information content (AvgIpc) is 2.72. The van der Waals surface area contributed by atoms with Crippen LogP contribution in [0.4, 0.5) is 5.69 Å². The van der Waals surface area contributed by atoms with Crippen LogP contribution in [0.15, 0.2) is 105 Å². The Hall–Kier alpha value is -1.75. The zero-order valence-electron chi connectivity index (χ0n) is 15.7. The Morgan fingerprint density at radius 2 is 1.64 bits per heavy atom. The lowest BCUT2D eigenvalue weighted by Gasteiger charge is -2.04. The molecule has 0 aliphatic rings. The van der Waals surface area contributed by atoms with Crippen molar-refractivity contribution in [1.82, 2.24) is 0 Å². The first kappa shape index (κ1) is 21.0. The second-order valence-corrected chi connectivity index (χ2v) is 9.25. The van der Waals surface area contributed by atoms with Crippen molar-refractivity contribution in [2.45, 2.75) is 18.2 Å². The molecule has 3 aromatic rings. The predicted octanol–water partition coefficient (Wildman–Crippen LogP) is 8.07. The fraction of sp³-hybridized carbons (Fsp3) is 0.125. The first-order valence-electron chi connectivity index (χ1n) is 9.10. The number of rotatable bonds is 7. The second-order valence-electron chi connectivity index (χ2n) is 6.24. The minimum atomic E-state index is 0.992. The van der Waals surface area contributed by atoms with E-state index in [1.54, 1.807) is 23.5 Å². The molecule has 4 heteroatoms. The molecule has 0 radical (unpaired) electrons. The monoisotopic (exact) mass is 467 g/mol. The van der Waals surface area contributed by atoms with E-state index in [0.29, 0.717) is 0 Å². The van der Waals surface area contributed by atoms with Crippen LogP contribution in [0.2, 0.25) is 0 Å². The number of hydrogen-bond acceptors (Lipinski definition) is 3. The van der Waals surface area contributed by atoms with Gasteiger partial charge in [-0.2, -0.15) is 0 Å². The van der Waals surface area contributed by atoms with Crippen LogP contribution in [0.1, 0.15) is 11.1 Å². The van der Waals surface area contributed by atoms with Crippen LogP contribution < -0.4 is 0 Å². The second kappa shape index (κ2) is 11.3. The summed E-state index contributed by atoms with van der Waals surface area (Å²) in [5.74, 6) is 1.00. The van der Waals surface area contributed by atoms with E-state index >= 15 is 0 Å². The van der Waals surface area contributed by atoms with Gasteiger partial charge in [-0.15, -0.1) is 11.8 Å². The van der Waals surface area contributed by atoms with E-state index in [9.17, 15) is 0 Å². The summed E-state index contributed by atoms with van der Waals surface area (Å²) in [4.78, 5) is 6.06. The van der Waals surface area contributed by atoms with Crippen molar-refractivity contribution < 1.29 is 0 Å². The van der Waals surface area contributed by atoms with Gasteiger partial charge in [0.1, 0.15) is 0 Å². The van der Waals surface area contributed by atoms with Crippen LogP contribution in [0.5, 0.6) is 0 Å². The lowest BCUT2D eigenvalue weighted by Crippen LogP contribution is -1.93. The Kier molecular flexibility index (Phi) is 8.46. The van der Waals surface area contributed by atoms with Gasteiger partial charge in [0.05, 0.1) is 10.7 Å². The molecule has 28 heavy (non-hydrogen) atoms. The molecule has 0 heterocycles. The fourth-order valence-corrected chi connectivity index (χ4v) is 4.35. The van der Waals surface area contributed by atoms with Gasteiger partial charge in [0, 0.05) is 15.1 Å². The number of nitrogens with zero attached hydrogens (tertiary/aromatic N) is 1. The molecule has 0 saturated heterocycles. The molecule has 0 atom stereocenters. The summed E-state index contributed by atoms with van der Waals surface area (Å²) in [5, 5.41) is 3.15. The number of halogens is 1. The standard InChI is InChI=1S/C24H22BrNS2/c1-19-7-11-22(12-8-19)26-24(28-17-15-20-5-3-2-4-6-20)16-18-27-23-13-9-21(25)10-14-23/h2-14,16,18H,15,17H2,1H3. The third-order valence-corrected chi connectivity index (χ3v) is 6.26. The molecule has 3 aromatic carbocycles. The Labute approximate surface area is 184 Å². The molecule has 0 bridgehead atoms. The summed E-state index contributed by atoms with van der Waals surface area (Å²) in [6.07, 6.45) is 3.15. The van der Waals surface area contributed by atoms with Gasteiger partial charge in [-0.25, -0.2) is 4.99 Å². The minimum Gasteiger partial charge on any atom is -0.242 e. The molecule has 0 unspecified atom stereocenters. The summed E-state index contributed by atoms with van der Waals surface area (Å²) < 4.78 is 1.10. The Morgan fingerprint density at radius 1 is 0.929 bits per heavy atom. The molecule has 0 aromatic heterocycles. The van der Waals surface area contributed by atoms with E-state index in [1.807, 2.05) is 0 Å². The van der Waals surface area contributed by atoms with Gasteiger partial charge in [-0.1, -0.05) is 75.7 Å². The van der Waals surface area contributed by atoms with E-state index in [1.165, 1.54) is 16.0 Å². The number of aliphatic imine (C=N–C) groups is 1. The molecule has 0 saturated carbocycles. The molecule has 0 aliphatic carbocycles. The molecule has 1 nitrogen and oxygen atoms in total. The number of hydrogen-bond donors (Lipinski definition) is 0. The summed E-state index contributed by atoms with van der Waals surface area (Å²) in [5.41, 5.74) is 3.60. The summed E-state index contributed by atoms with van der Waals surface area (Å²) >= 11 is 6.98. The van der Waals surface area contributed by atoms with E-state index in [2.05, 4.69) is 113 Å². The van der Waals surface area contributed by atoms with Crippen LogP contribution in [-0.2, 0) is 6.42 Å². The smallest absolute Gasteiger partial charge is 0.0972 e. The van der Waals surface area contributed by atoms with E-state index in [0.717, 1.165) is 27.4 Å². The van der Waals surface area contributed by atoms with Crippen molar-refractivity contribution in [1.29, 1.82) is 0 Å². The molecule has 3 rings (SSSR count). The SMILES string of the molecule is Cc1ccc(N=C(C=CSc2ccc(Br)cc2)SCCc2ccccc2)cc1. The van der Waals surface area contributed by atoms with Crippen LogP contribution in [0, 0.1) is 6.92 Å². The number of benzene rings is 3. The summed E-state index contributed by atoms with van der Waals surface area (Å²) in [6, 6.07) is 27.3. The van der Waals surface area contributed by atoms with E-state index in [-0.39, 0.29) is 0 Å². The van der Waals surface area contributed by atoms with Gasteiger partial charge in [0.2, 0.25) is 0 Å². The van der Waals surface area contributed by atoms with Crippen LogP contribution >= 0.6 is 39.5 Å². The molecule has 0 amide bonds. The van der Waals surface area contributed by atoms with E-state index < -0.39 is 0 Å². The normalized spacial score (nSPS) is 11.9. The van der Waals surface area contributed by atoms with Crippen molar-refractivity contribution in [3.8, 4) is 0 Å². The van der Waals surface area contributed by atoms with Gasteiger partial charge in [-0.05, 0) is 66.8 Å².